The molecule has 2 unspecified atom stereocenters. The molecule has 1 fully saturated rings. The number of halogens is 1. The highest BCUT2D eigenvalue weighted by molar-refractivity contribution is 5.98. The van der Waals surface area contributed by atoms with Gasteiger partial charge in [-0.05, 0) is 24.6 Å². The number of rotatable bonds is 4. The largest absolute Gasteiger partial charge is 0.496 e. The summed E-state index contributed by atoms with van der Waals surface area (Å²) in [6.45, 7) is 0. The van der Waals surface area contributed by atoms with E-state index < -0.39 is 12.1 Å². The fourth-order valence-electron chi connectivity index (χ4n) is 3.16. The van der Waals surface area contributed by atoms with Crippen molar-refractivity contribution in [2.45, 2.75) is 12.6 Å². The summed E-state index contributed by atoms with van der Waals surface area (Å²) in [7, 11) is 1.60. The number of carbonyl (C=O) groups excluding carboxylic acids is 1. The first-order chi connectivity index (χ1) is 13.1. The lowest BCUT2D eigenvalue weighted by Gasteiger charge is -2.08. The molecule has 5 rings (SSSR count). The molecule has 2 atom stereocenters. The fourth-order valence-corrected chi connectivity index (χ4v) is 3.16. The van der Waals surface area contributed by atoms with Gasteiger partial charge in [0.15, 0.2) is 5.65 Å². The third-order valence-electron chi connectivity index (χ3n) is 4.75. The van der Waals surface area contributed by atoms with Crippen molar-refractivity contribution in [2.24, 2.45) is 5.92 Å². The van der Waals surface area contributed by atoms with Gasteiger partial charge < -0.3 is 10.1 Å². The van der Waals surface area contributed by atoms with Crippen LogP contribution in [0.5, 0.6) is 5.75 Å². The Morgan fingerprint density at radius 2 is 2.19 bits per heavy atom. The zero-order chi connectivity index (χ0) is 18.5. The van der Waals surface area contributed by atoms with Crippen molar-refractivity contribution >= 4 is 33.7 Å². The van der Waals surface area contributed by atoms with Crippen LogP contribution in [0.15, 0.2) is 30.5 Å². The number of ether oxygens (including phenoxy) is 1. The molecule has 0 saturated heterocycles. The summed E-state index contributed by atoms with van der Waals surface area (Å²) in [5, 5.41) is 18.5. The second-order valence-electron chi connectivity index (χ2n) is 6.52. The third kappa shape index (κ3) is 2.59. The Morgan fingerprint density at radius 3 is 2.96 bits per heavy atom. The summed E-state index contributed by atoms with van der Waals surface area (Å²) in [5.41, 5.74) is 2.89. The number of nitrogens with zero attached hydrogens (tertiary/aromatic N) is 3. The molecule has 1 aromatic carbocycles. The molecule has 3 aromatic heterocycles. The van der Waals surface area contributed by atoms with Crippen LogP contribution in [0, 0.1) is 5.92 Å². The van der Waals surface area contributed by atoms with Gasteiger partial charge in [0.05, 0.1) is 30.4 Å². The molecule has 3 heterocycles. The first-order valence-electron chi connectivity index (χ1n) is 8.45. The van der Waals surface area contributed by atoms with Crippen molar-refractivity contribution in [3.63, 3.8) is 0 Å². The number of pyridine rings is 1. The Kier molecular flexibility index (Phi) is 3.36. The number of anilines is 1. The van der Waals surface area contributed by atoms with E-state index in [1.54, 1.807) is 19.4 Å². The van der Waals surface area contributed by atoms with Crippen LogP contribution in [0.2, 0.25) is 0 Å². The topological polar surface area (TPSA) is 109 Å². The van der Waals surface area contributed by atoms with Gasteiger partial charge in [-0.3, -0.25) is 15.0 Å². The molecule has 8 nitrogen and oxygen atoms in total. The number of aromatic nitrogens is 5. The SMILES string of the molecule is COc1cc2[nH]ncc2cc1-c1[nH]nc2nc(NC(=O)C3CC3F)ccc12. The molecule has 0 spiro atoms. The van der Waals surface area contributed by atoms with Gasteiger partial charge in [0, 0.05) is 22.4 Å². The van der Waals surface area contributed by atoms with Crippen molar-refractivity contribution in [2.75, 3.05) is 12.4 Å². The molecular formula is C18H15FN6O2. The number of methoxy groups -OCH3 is 1. The number of aromatic amines is 2. The van der Waals surface area contributed by atoms with Crippen LogP contribution in [-0.2, 0) is 4.79 Å². The number of carbonyl (C=O) groups is 1. The van der Waals surface area contributed by atoms with Gasteiger partial charge in [-0.25, -0.2) is 9.37 Å². The van der Waals surface area contributed by atoms with E-state index >= 15 is 0 Å². The van der Waals surface area contributed by atoms with Crippen molar-refractivity contribution < 1.29 is 13.9 Å². The Hall–Kier alpha value is -3.49. The molecule has 27 heavy (non-hydrogen) atoms. The second-order valence-corrected chi connectivity index (χ2v) is 6.52. The molecule has 0 aliphatic heterocycles. The smallest absolute Gasteiger partial charge is 0.231 e. The van der Waals surface area contributed by atoms with Gasteiger partial charge in [-0.15, -0.1) is 0 Å². The van der Waals surface area contributed by atoms with Crippen LogP contribution >= 0.6 is 0 Å². The predicted molar refractivity (Wildman–Crippen MR) is 97.2 cm³/mol. The highest BCUT2D eigenvalue weighted by Crippen LogP contribution is 2.37. The molecule has 1 aliphatic rings. The van der Waals surface area contributed by atoms with Crippen LogP contribution in [-0.4, -0.2) is 44.6 Å². The number of hydrogen-bond donors (Lipinski definition) is 3. The molecule has 1 saturated carbocycles. The molecule has 0 radical (unpaired) electrons. The third-order valence-corrected chi connectivity index (χ3v) is 4.75. The number of benzene rings is 1. The van der Waals surface area contributed by atoms with Crippen molar-refractivity contribution in [1.29, 1.82) is 0 Å². The maximum absolute atomic E-state index is 13.0. The first kappa shape index (κ1) is 15.7. The molecular weight excluding hydrogens is 351 g/mol. The summed E-state index contributed by atoms with van der Waals surface area (Å²) < 4.78 is 18.5. The second kappa shape index (κ2) is 5.76. The van der Waals surface area contributed by atoms with Crippen molar-refractivity contribution in [3.05, 3.63) is 30.5 Å². The number of amides is 1. The van der Waals surface area contributed by atoms with Gasteiger partial charge in [0.2, 0.25) is 5.91 Å². The minimum absolute atomic E-state index is 0.275. The van der Waals surface area contributed by atoms with E-state index in [-0.39, 0.29) is 12.3 Å². The van der Waals surface area contributed by atoms with E-state index in [4.69, 9.17) is 4.74 Å². The molecule has 4 aromatic rings. The maximum atomic E-state index is 13.0. The quantitative estimate of drug-likeness (QED) is 0.515. The minimum Gasteiger partial charge on any atom is -0.496 e. The van der Waals surface area contributed by atoms with E-state index in [9.17, 15) is 9.18 Å². The number of fused-ring (bicyclic) bond motifs is 2. The van der Waals surface area contributed by atoms with Gasteiger partial charge in [-0.1, -0.05) is 0 Å². The lowest BCUT2D eigenvalue weighted by molar-refractivity contribution is -0.117. The van der Waals surface area contributed by atoms with Crippen LogP contribution in [0.25, 0.3) is 33.2 Å². The van der Waals surface area contributed by atoms with E-state index in [2.05, 4.69) is 30.7 Å². The zero-order valence-electron chi connectivity index (χ0n) is 14.3. The number of H-pyrrole nitrogens is 2. The average molecular weight is 366 g/mol. The molecule has 1 amide bonds. The van der Waals surface area contributed by atoms with E-state index in [0.717, 1.165) is 27.5 Å². The van der Waals surface area contributed by atoms with Crippen LogP contribution in [0.4, 0.5) is 10.2 Å². The average Bonchev–Trinajstić information content (AvgIpc) is 3.07. The van der Waals surface area contributed by atoms with E-state index in [0.29, 0.717) is 17.2 Å². The lowest BCUT2D eigenvalue weighted by Crippen LogP contribution is -2.15. The molecule has 136 valence electrons. The lowest BCUT2D eigenvalue weighted by atomic mass is 10.1. The highest BCUT2D eigenvalue weighted by Gasteiger charge is 2.43. The molecule has 3 N–H and O–H groups in total. The summed E-state index contributed by atoms with van der Waals surface area (Å²) in [5.74, 6) is 0.0969. The Labute approximate surface area is 152 Å². The van der Waals surface area contributed by atoms with Crippen LogP contribution < -0.4 is 10.1 Å². The van der Waals surface area contributed by atoms with E-state index in [1.165, 1.54) is 0 Å². The van der Waals surface area contributed by atoms with Gasteiger partial charge in [-0.2, -0.15) is 10.2 Å². The summed E-state index contributed by atoms with van der Waals surface area (Å²) in [6, 6.07) is 7.32. The summed E-state index contributed by atoms with van der Waals surface area (Å²) in [4.78, 5) is 16.2. The first-order valence-corrected chi connectivity index (χ1v) is 8.45. The highest BCUT2D eigenvalue weighted by atomic mass is 19.1. The molecule has 1 aliphatic carbocycles. The summed E-state index contributed by atoms with van der Waals surface area (Å²) >= 11 is 0. The Bertz CT molecular complexity index is 1180. The van der Waals surface area contributed by atoms with Crippen LogP contribution in [0.3, 0.4) is 0 Å². The Balaban J connectivity index is 1.54. The van der Waals surface area contributed by atoms with Gasteiger partial charge in [0.1, 0.15) is 17.7 Å². The monoisotopic (exact) mass is 366 g/mol. The van der Waals surface area contributed by atoms with E-state index in [1.807, 2.05) is 18.2 Å². The van der Waals surface area contributed by atoms with Crippen molar-refractivity contribution in [3.8, 4) is 17.0 Å². The zero-order valence-corrected chi connectivity index (χ0v) is 14.3. The summed E-state index contributed by atoms with van der Waals surface area (Å²) in [6.07, 6.45) is 0.964. The normalized spacial score (nSPS) is 18.7. The minimum atomic E-state index is -1.05. The van der Waals surface area contributed by atoms with Crippen LogP contribution in [0.1, 0.15) is 6.42 Å². The predicted octanol–water partition coefficient (Wildman–Crippen LogP) is 2.81. The molecule has 0 bridgehead atoms. The number of hydrogen-bond acceptors (Lipinski definition) is 5. The Morgan fingerprint density at radius 1 is 1.33 bits per heavy atom. The number of nitrogens with one attached hydrogen (secondary N) is 3. The van der Waals surface area contributed by atoms with Crippen molar-refractivity contribution in [1.82, 2.24) is 25.4 Å². The fraction of sp³-hybridized carbons (Fsp3) is 0.222. The number of alkyl halides is 1. The standard InChI is InChI=1S/C18H15FN6O2/c1-27-14-6-13-8(7-20-23-13)4-11(14)16-9-2-3-15(21-17(9)25-24-16)22-18(26)10-5-12(10)19/h2-4,6-7,10,12H,5H2,1H3,(H,20,23)(H2,21,22,24,25,26). The molecule has 9 heteroatoms. The van der Waals surface area contributed by atoms with Gasteiger partial charge in [0.25, 0.3) is 0 Å². The maximum Gasteiger partial charge on any atom is 0.231 e. The van der Waals surface area contributed by atoms with Gasteiger partial charge >= 0.3 is 0 Å².